The van der Waals surface area contributed by atoms with E-state index in [-0.39, 0.29) is 18.1 Å². The first-order valence-electron chi connectivity index (χ1n) is 7.76. The van der Waals surface area contributed by atoms with Gasteiger partial charge in [0.1, 0.15) is 0 Å². The summed E-state index contributed by atoms with van der Waals surface area (Å²) in [6.45, 7) is 6.58. The Morgan fingerprint density at radius 1 is 1.29 bits per heavy atom. The number of fused-ring (bicyclic) bond motifs is 1. The van der Waals surface area contributed by atoms with Crippen LogP contribution in [-0.4, -0.2) is 25.2 Å². The SMILES string of the molecule is CNC(c1ccc2c(c1)CC(=O)N2)C1C(C)OC(C)C1C. The molecule has 3 rings (SSSR count). The average molecular weight is 288 g/mol. The summed E-state index contributed by atoms with van der Waals surface area (Å²) in [5, 5.41) is 6.35. The highest BCUT2D eigenvalue weighted by Gasteiger charge is 2.41. The van der Waals surface area contributed by atoms with Crippen molar-refractivity contribution in [3.63, 3.8) is 0 Å². The van der Waals surface area contributed by atoms with Crippen molar-refractivity contribution in [2.75, 3.05) is 12.4 Å². The van der Waals surface area contributed by atoms with Crippen LogP contribution in [0.2, 0.25) is 0 Å². The number of hydrogen-bond acceptors (Lipinski definition) is 3. The van der Waals surface area contributed by atoms with Crippen LogP contribution in [0.4, 0.5) is 5.69 Å². The first-order chi connectivity index (χ1) is 10.0. The topological polar surface area (TPSA) is 50.4 Å². The molecule has 1 fully saturated rings. The molecule has 114 valence electrons. The fourth-order valence-corrected chi connectivity index (χ4v) is 3.89. The molecule has 1 aromatic carbocycles. The van der Waals surface area contributed by atoms with Crippen LogP contribution >= 0.6 is 0 Å². The van der Waals surface area contributed by atoms with Crippen molar-refractivity contribution in [3.05, 3.63) is 29.3 Å². The molecule has 2 aliphatic heterocycles. The molecule has 4 heteroatoms. The van der Waals surface area contributed by atoms with Gasteiger partial charge in [0.25, 0.3) is 0 Å². The van der Waals surface area contributed by atoms with Crippen LogP contribution in [0.5, 0.6) is 0 Å². The molecule has 5 atom stereocenters. The summed E-state index contributed by atoms with van der Waals surface area (Å²) in [6, 6.07) is 6.56. The summed E-state index contributed by atoms with van der Waals surface area (Å²) in [6.07, 6.45) is 1.02. The molecule has 2 N–H and O–H groups in total. The van der Waals surface area contributed by atoms with Gasteiger partial charge in [0.15, 0.2) is 0 Å². The molecular formula is C17H24N2O2. The standard InChI is InChI=1S/C17H24N2O2/c1-9-10(2)21-11(3)16(9)17(18-4)12-5-6-14-13(7-12)8-15(20)19-14/h5-7,9-11,16-18H,8H2,1-4H3,(H,19,20). The van der Waals surface area contributed by atoms with Gasteiger partial charge in [0.05, 0.1) is 18.6 Å². The van der Waals surface area contributed by atoms with Gasteiger partial charge in [-0.3, -0.25) is 4.79 Å². The lowest BCUT2D eigenvalue weighted by molar-refractivity contribution is -0.115. The zero-order valence-electron chi connectivity index (χ0n) is 13.1. The zero-order valence-corrected chi connectivity index (χ0v) is 13.1. The monoisotopic (exact) mass is 288 g/mol. The predicted octanol–water partition coefficient (Wildman–Crippen LogP) is 2.50. The number of nitrogens with one attached hydrogen (secondary N) is 2. The fraction of sp³-hybridized carbons (Fsp3) is 0.588. The van der Waals surface area contributed by atoms with Crippen LogP contribution < -0.4 is 10.6 Å². The molecule has 0 saturated carbocycles. The normalized spacial score (nSPS) is 32.9. The Kier molecular flexibility index (Phi) is 3.76. The average Bonchev–Trinajstić information content (AvgIpc) is 2.92. The molecule has 2 aliphatic rings. The number of rotatable bonds is 3. The summed E-state index contributed by atoms with van der Waals surface area (Å²) in [5.41, 5.74) is 3.30. The fourth-order valence-electron chi connectivity index (χ4n) is 3.89. The van der Waals surface area contributed by atoms with E-state index in [4.69, 9.17) is 4.74 Å². The maximum absolute atomic E-state index is 11.5. The van der Waals surface area contributed by atoms with Crippen molar-refractivity contribution >= 4 is 11.6 Å². The summed E-state index contributed by atoms with van der Waals surface area (Å²) >= 11 is 0. The van der Waals surface area contributed by atoms with Crippen molar-refractivity contribution < 1.29 is 9.53 Å². The van der Waals surface area contributed by atoms with Gasteiger partial charge in [0.2, 0.25) is 5.91 Å². The maximum Gasteiger partial charge on any atom is 0.228 e. The van der Waals surface area contributed by atoms with Crippen molar-refractivity contribution in [1.82, 2.24) is 5.32 Å². The number of carbonyl (C=O) groups is 1. The van der Waals surface area contributed by atoms with E-state index in [0.29, 0.717) is 24.4 Å². The van der Waals surface area contributed by atoms with E-state index in [1.165, 1.54) is 5.56 Å². The summed E-state index contributed by atoms with van der Waals surface area (Å²) in [4.78, 5) is 11.5. The first-order valence-corrected chi connectivity index (χ1v) is 7.76. The minimum atomic E-state index is 0.0858. The van der Waals surface area contributed by atoms with Crippen molar-refractivity contribution in [3.8, 4) is 0 Å². The number of benzene rings is 1. The van der Waals surface area contributed by atoms with E-state index in [9.17, 15) is 4.79 Å². The smallest absolute Gasteiger partial charge is 0.228 e. The van der Waals surface area contributed by atoms with Crippen LogP contribution in [0.3, 0.4) is 0 Å². The van der Waals surface area contributed by atoms with Crippen molar-refractivity contribution in [2.24, 2.45) is 11.8 Å². The van der Waals surface area contributed by atoms with Gasteiger partial charge in [0, 0.05) is 17.6 Å². The van der Waals surface area contributed by atoms with Gasteiger partial charge in [-0.2, -0.15) is 0 Å². The lowest BCUT2D eigenvalue weighted by atomic mass is 9.80. The minimum absolute atomic E-state index is 0.0858. The first kappa shape index (κ1) is 14.5. The maximum atomic E-state index is 11.5. The molecule has 2 heterocycles. The lowest BCUT2D eigenvalue weighted by Gasteiger charge is -2.29. The van der Waals surface area contributed by atoms with Crippen molar-refractivity contribution in [1.29, 1.82) is 0 Å². The second-order valence-electron chi connectivity index (χ2n) is 6.39. The van der Waals surface area contributed by atoms with E-state index >= 15 is 0 Å². The Labute approximate surface area is 126 Å². The van der Waals surface area contributed by atoms with Gasteiger partial charge in [-0.05, 0) is 44.0 Å². The molecule has 1 aromatic rings. The highest BCUT2D eigenvalue weighted by Crippen LogP contribution is 2.41. The highest BCUT2D eigenvalue weighted by molar-refractivity contribution is 5.99. The third kappa shape index (κ3) is 2.47. The molecule has 0 radical (unpaired) electrons. The lowest BCUT2D eigenvalue weighted by Crippen LogP contribution is -2.33. The molecule has 0 aliphatic carbocycles. The minimum Gasteiger partial charge on any atom is -0.375 e. The Balaban J connectivity index is 1.91. The van der Waals surface area contributed by atoms with Crippen LogP contribution in [0.15, 0.2) is 18.2 Å². The van der Waals surface area contributed by atoms with E-state index < -0.39 is 0 Å². The van der Waals surface area contributed by atoms with Crippen LogP contribution in [-0.2, 0) is 16.0 Å². The molecule has 0 bridgehead atoms. The largest absolute Gasteiger partial charge is 0.375 e. The van der Waals surface area contributed by atoms with E-state index in [0.717, 1.165) is 11.3 Å². The second-order valence-corrected chi connectivity index (χ2v) is 6.39. The third-order valence-electron chi connectivity index (χ3n) is 5.13. The second kappa shape index (κ2) is 5.43. The van der Waals surface area contributed by atoms with Crippen LogP contribution in [0.25, 0.3) is 0 Å². The third-order valence-corrected chi connectivity index (χ3v) is 5.13. The summed E-state index contributed by atoms with van der Waals surface area (Å²) < 4.78 is 5.99. The van der Waals surface area contributed by atoms with Crippen LogP contribution in [0.1, 0.15) is 37.9 Å². The van der Waals surface area contributed by atoms with E-state index in [1.807, 2.05) is 13.1 Å². The van der Waals surface area contributed by atoms with Gasteiger partial charge in [-0.1, -0.05) is 19.1 Å². The number of hydrogen-bond donors (Lipinski definition) is 2. The van der Waals surface area contributed by atoms with Gasteiger partial charge < -0.3 is 15.4 Å². The Morgan fingerprint density at radius 3 is 2.67 bits per heavy atom. The van der Waals surface area contributed by atoms with Crippen molar-refractivity contribution in [2.45, 2.75) is 45.4 Å². The molecule has 21 heavy (non-hydrogen) atoms. The highest BCUT2D eigenvalue weighted by atomic mass is 16.5. The Hall–Kier alpha value is -1.39. The molecule has 1 saturated heterocycles. The number of amides is 1. The molecule has 5 unspecified atom stereocenters. The Morgan fingerprint density at radius 2 is 2.05 bits per heavy atom. The number of carbonyl (C=O) groups excluding carboxylic acids is 1. The quantitative estimate of drug-likeness (QED) is 0.898. The van der Waals surface area contributed by atoms with Gasteiger partial charge >= 0.3 is 0 Å². The van der Waals surface area contributed by atoms with Gasteiger partial charge in [-0.25, -0.2) is 0 Å². The van der Waals surface area contributed by atoms with Crippen LogP contribution in [0, 0.1) is 11.8 Å². The Bertz CT molecular complexity index is 558. The molecule has 0 aromatic heterocycles. The van der Waals surface area contributed by atoms with E-state index in [2.05, 4.69) is 43.5 Å². The number of anilines is 1. The molecule has 4 nitrogen and oxygen atoms in total. The summed E-state index contributed by atoms with van der Waals surface area (Å²) in [7, 11) is 2.00. The van der Waals surface area contributed by atoms with E-state index in [1.54, 1.807) is 0 Å². The molecule has 1 amide bonds. The molecular weight excluding hydrogens is 264 g/mol. The zero-order chi connectivity index (χ0) is 15.1. The molecule has 0 spiro atoms. The predicted molar refractivity (Wildman–Crippen MR) is 83.2 cm³/mol. The number of ether oxygens (including phenoxy) is 1. The summed E-state index contributed by atoms with van der Waals surface area (Å²) in [5.74, 6) is 1.03. The van der Waals surface area contributed by atoms with Gasteiger partial charge in [-0.15, -0.1) is 0 Å².